The minimum absolute atomic E-state index is 0.210. The van der Waals surface area contributed by atoms with E-state index in [2.05, 4.69) is 11.9 Å². The van der Waals surface area contributed by atoms with Crippen LogP contribution in [0.1, 0.15) is 37.0 Å². The monoisotopic (exact) mass is 219 g/mol. The van der Waals surface area contributed by atoms with Gasteiger partial charge in [-0.3, -0.25) is 9.78 Å². The summed E-state index contributed by atoms with van der Waals surface area (Å²) in [5.74, 6) is 1.65. The van der Waals surface area contributed by atoms with Crippen LogP contribution in [-0.2, 0) is 0 Å². The molecule has 86 valence electrons. The van der Waals surface area contributed by atoms with Crippen molar-refractivity contribution in [2.24, 2.45) is 11.8 Å². The quantitative estimate of drug-likeness (QED) is 0.715. The van der Waals surface area contributed by atoms with Gasteiger partial charge in [0, 0.05) is 17.7 Å². The van der Waals surface area contributed by atoms with Gasteiger partial charge >= 0.3 is 0 Å². The Bertz CT molecular complexity index is 389. The normalized spacial score (nSPS) is 22.9. The van der Waals surface area contributed by atoms with E-state index < -0.39 is 0 Å². The van der Waals surface area contributed by atoms with Crippen LogP contribution in [0, 0.1) is 11.8 Å². The first-order chi connectivity index (χ1) is 7.72. The van der Waals surface area contributed by atoms with E-state index in [-0.39, 0.29) is 11.7 Å². The molecule has 3 nitrogen and oxygen atoms in total. The zero-order chi connectivity index (χ0) is 11.5. The predicted octanol–water partition coefficient (Wildman–Crippen LogP) is 2.71. The van der Waals surface area contributed by atoms with Gasteiger partial charge in [-0.25, -0.2) is 0 Å². The molecular weight excluding hydrogens is 202 g/mol. The van der Waals surface area contributed by atoms with E-state index in [0.717, 1.165) is 12.8 Å². The molecule has 1 aromatic rings. The fourth-order valence-corrected chi connectivity index (χ4v) is 1.75. The number of nitrogens with zero attached hydrogens (tertiary/aromatic N) is 1. The summed E-state index contributed by atoms with van der Waals surface area (Å²) >= 11 is 0. The molecule has 2 rings (SSSR count). The van der Waals surface area contributed by atoms with Gasteiger partial charge in [-0.15, -0.1) is 0 Å². The number of ether oxygens (including phenoxy) is 1. The van der Waals surface area contributed by atoms with Gasteiger partial charge in [0.2, 0.25) is 0 Å². The van der Waals surface area contributed by atoms with Crippen LogP contribution < -0.4 is 4.74 Å². The highest BCUT2D eigenvalue weighted by Crippen LogP contribution is 2.40. The minimum atomic E-state index is 0.210. The highest BCUT2D eigenvalue weighted by molar-refractivity contribution is 5.99. The molecule has 1 heterocycles. The molecule has 0 aromatic carbocycles. The van der Waals surface area contributed by atoms with Gasteiger partial charge < -0.3 is 4.74 Å². The highest BCUT2D eigenvalue weighted by atomic mass is 16.5. The molecule has 1 saturated carbocycles. The number of Topliss-reactive ketones (excluding diaryl/α,β-unsaturated/α-hetero) is 1. The number of aromatic nitrogens is 1. The molecule has 1 fully saturated rings. The van der Waals surface area contributed by atoms with Gasteiger partial charge in [0.1, 0.15) is 5.75 Å². The van der Waals surface area contributed by atoms with Crippen molar-refractivity contribution in [1.82, 2.24) is 4.98 Å². The van der Waals surface area contributed by atoms with E-state index >= 15 is 0 Å². The Kier molecular flexibility index (Phi) is 3.22. The first-order valence-electron chi connectivity index (χ1n) is 5.84. The number of carbonyl (C=O) groups is 1. The zero-order valence-electron chi connectivity index (χ0n) is 9.77. The largest absolute Gasteiger partial charge is 0.492 e. The second kappa shape index (κ2) is 4.64. The summed E-state index contributed by atoms with van der Waals surface area (Å²) in [5, 5.41) is 0. The first kappa shape index (κ1) is 11.1. The summed E-state index contributed by atoms with van der Waals surface area (Å²) in [7, 11) is 0. The van der Waals surface area contributed by atoms with Crippen LogP contribution in [0.5, 0.6) is 5.75 Å². The number of ketones is 1. The van der Waals surface area contributed by atoms with E-state index in [9.17, 15) is 4.79 Å². The molecule has 16 heavy (non-hydrogen) atoms. The third-order valence-electron chi connectivity index (χ3n) is 2.92. The van der Waals surface area contributed by atoms with E-state index in [1.165, 1.54) is 0 Å². The molecule has 0 amide bonds. The number of hydrogen-bond acceptors (Lipinski definition) is 3. The van der Waals surface area contributed by atoms with Crippen molar-refractivity contribution in [3.63, 3.8) is 0 Å². The average Bonchev–Trinajstić information content (AvgIpc) is 3.03. The van der Waals surface area contributed by atoms with Gasteiger partial charge in [-0.1, -0.05) is 13.8 Å². The maximum atomic E-state index is 11.9. The van der Waals surface area contributed by atoms with Crippen LogP contribution in [0.15, 0.2) is 18.5 Å². The second-order valence-electron chi connectivity index (χ2n) is 4.44. The van der Waals surface area contributed by atoms with Gasteiger partial charge in [0.05, 0.1) is 12.8 Å². The Morgan fingerprint density at radius 1 is 1.56 bits per heavy atom. The summed E-state index contributed by atoms with van der Waals surface area (Å²) in [5.41, 5.74) is 0.683. The van der Waals surface area contributed by atoms with Gasteiger partial charge in [-0.05, 0) is 24.8 Å². The lowest BCUT2D eigenvalue weighted by molar-refractivity contribution is 0.0961. The third kappa shape index (κ3) is 2.40. The summed E-state index contributed by atoms with van der Waals surface area (Å²) in [4.78, 5) is 16.0. The molecular formula is C13H17NO2. The second-order valence-corrected chi connectivity index (χ2v) is 4.44. The Hall–Kier alpha value is -1.38. The summed E-state index contributed by atoms with van der Waals surface area (Å²) in [6.45, 7) is 4.82. The molecule has 1 aromatic heterocycles. The molecule has 1 aliphatic rings. The zero-order valence-corrected chi connectivity index (χ0v) is 9.77. The van der Waals surface area contributed by atoms with E-state index in [4.69, 9.17) is 4.74 Å². The molecule has 0 aliphatic heterocycles. The summed E-state index contributed by atoms with van der Waals surface area (Å²) < 4.78 is 5.46. The number of carbonyl (C=O) groups excluding carboxylic acids is 1. The van der Waals surface area contributed by atoms with Crippen LogP contribution in [0.3, 0.4) is 0 Å². The lowest BCUT2D eigenvalue weighted by Gasteiger charge is -2.05. The first-order valence-corrected chi connectivity index (χ1v) is 5.84. The van der Waals surface area contributed by atoms with Gasteiger partial charge in [0.25, 0.3) is 0 Å². The van der Waals surface area contributed by atoms with E-state index in [1.807, 2.05) is 6.92 Å². The molecule has 2 atom stereocenters. The van der Waals surface area contributed by atoms with Crippen molar-refractivity contribution >= 4 is 5.78 Å². The van der Waals surface area contributed by atoms with Crippen LogP contribution in [0.2, 0.25) is 0 Å². The standard InChI is InChI=1S/C13H17NO2/c1-3-4-16-11-6-10(7-14-8-11)13(15)12-5-9(12)2/h6-9,12H,3-5H2,1-2H3. The van der Waals surface area contributed by atoms with Crippen molar-refractivity contribution in [3.8, 4) is 5.75 Å². The van der Waals surface area contributed by atoms with Gasteiger partial charge in [0.15, 0.2) is 5.78 Å². The lowest BCUT2D eigenvalue weighted by atomic mass is 10.1. The smallest absolute Gasteiger partial charge is 0.167 e. The Labute approximate surface area is 95.8 Å². The van der Waals surface area contributed by atoms with E-state index in [0.29, 0.717) is 23.8 Å². The SMILES string of the molecule is CCCOc1cncc(C(=O)C2CC2C)c1. The van der Waals surface area contributed by atoms with Crippen LogP contribution in [0.4, 0.5) is 0 Å². The molecule has 0 radical (unpaired) electrons. The minimum Gasteiger partial charge on any atom is -0.492 e. The van der Waals surface area contributed by atoms with E-state index in [1.54, 1.807) is 18.5 Å². The summed E-state index contributed by atoms with van der Waals surface area (Å²) in [6, 6.07) is 1.80. The Balaban J connectivity index is 2.06. The fourth-order valence-electron chi connectivity index (χ4n) is 1.75. The highest BCUT2D eigenvalue weighted by Gasteiger charge is 2.39. The van der Waals surface area contributed by atoms with Gasteiger partial charge in [-0.2, -0.15) is 0 Å². The van der Waals surface area contributed by atoms with Crippen molar-refractivity contribution in [3.05, 3.63) is 24.0 Å². The number of hydrogen-bond donors (Lipinski definition) is 0. The fraction of sp³-hybridized carbons (Fsp3) is 0.538. The molecule has 0 bridgehead atoms. The number of pyridine rings is 1. The van der Waals surface area contributed by atoms with Crippen molar-refractivity contribution in [2.45, 2.75) is 26.7 Å². The topological polar surface area (TPSA) is 39.2 Å². The Morgan fingerprint density at radius 3 is 2.94 bits per heavy atom. The number of rotatable bonds is 5. The molecule has 1 aliphatic carbocycles. The maximum Gasteiger partial charge on any atom is 0.167 e. The molecule has 0 spiro atoms. The molecule has 3 heteroatoms. The predicted molar refractivity (Wildman–Crippen MR) is 61.6 cm³/mol. The average molecular weight is 219 g/mol. The van der Waals surface area contributed by atoms with Crippen molar-refractivity contribution in [2.75, 3.05) is 6.61 Å². The lowest BCUT2D eigenvalue weighted by Crippen LogP contribution is -2.04. The Morgan fingerprint density at radius 2 is 2.31 bits per heavy atom. The van der Waals surface area contributed by atoms with Crippen LogP contribution >= 0.6 is 0 Å². The maximum absolute atomic E-state index is 11.9. The molecule has 0 N–H and O–H groups in total. The molecule has 2 unspecified atom stereocenters. The molecule has 0 saturated heterocycles. The van der Waals surface area contributed by atoms with Crippen LogP contribution in [-0.4, -0.2) is 17.4 Å². The van der Waals surface area contributed by atoms with Crippen molar-refractivity contribution in [1.29, 1.82) is 0 Å². The third-order valence-corrected chi connectivity index (χ3v) is 2.92. The van der Waals surface area contributed by atoms with Crippen molar-refractivity contribution < 1.29 is 9.53 Å². The van der Waals surface area contributed by atoms with Crippen LogP contribution in [0.25, 0.3) is 0 Å². The summed E-state index contributed by atoms with van der Waals surface area (Å²) in [6.07, 6.45) is 5.26.